The first kappa shape index (κ1) is 20.9. The Balaban J connectivity index is 1.42. The van der Waals surface area contributed by atoms with Crippen molar-refractivity contribution in [1.82, 2.24) is 19.9 Å². The molecule has 162 valence electrons. The molecule has 7 nitrogen and oxygen atoms in total. The van der Waals surface area contributed by atoms with Gasteiger partial charge in [-0.1, -0.05) is 5.16 Å². The Morgan fingerprint density at radius 3 is 2.57 bits per heavy atom. The highest BCUT2D eigenvalue weighted by molar-refractivity contribution is 5.81. The lowest BCUT2D eigenvalue weighted by atomic mass is 9.96. The van der Waals surface area contributed by atoms with Crippen molar-refractivity contribution in [2.45, 2.75) is 57.8 Å². The average Bonchev–Trinajstić information content (AvgIpc) is 3.23. The van der Waals surface area contributed by atoms with Crippen LogP contribution in [0.2, 0.25) is 0 Å². The number of likely N-dealkylation sites (tertiary alicyclic amines) is 1. The van der Waals surface area contributed by atoms with Crippen LogP contribution >= 0.6 is 0 Å². The summed E-state index contributed by atoms with van der Waals surface area (Å²) in [5, 5.41) is 4.07. The minimum absolute atomic E-state index is 0.0577. The fourth-order valence-corrected chi connectivity index (χ4v) is 4.46. The standard InChI is InChI=1S/C22H29FN4O3/c1-14-11-27(12-15(2)29-14)22(28)16(3)26-10-4-5-18(13-26)21-24-20(25-30-21)17-6-8-19(23)9-7-17/h6-9,14-16,18H,4-5,10-13H2,1-3H3. The summed E-state index contributed by atoms with van der Waals surface area (Å²) < 4.78 is 24.4. The Kier molecular flexibility index (Phi) is 6.15. The molecule has 0 bridgehead atoms. The summed E-state index contributed by atoms with van der Waals surface area (Å²) in [5.41, 5.74) is 0.721. The maximum absolute atomic E-state index is 13.2. The van der Waals surface area contributed by atoms with Crippen molar-refractivity contribution in [3.05, 3.63) is 36.0 Å². The Hall–Kier alpha value is -2.32. The number of nitrogens with zero attached hydrogens (tertiary/aromatic N) is 4. The number of ether oxygens (including phenoxy) is 1. The number of morpholine rings is 1. The van der Waals surface area contributed by atoms with Gasteiger partial charge in [0.15, 0.2) is 0 Å². The molecular formula is C22H29FN4O3. The smallest absolute Gasteiger partial charge is 0.239 e. The number of rotatable bonds is 4. The van der Waals surface area contributed by atoms with E-state index >= 15 is 0 Å². The van der Waals surface area contributed by atoms with Crippen LogP contribution in [-0.2, 0) is 9.53 Å². The first-order chi connectivity index (χ1) is 14.4. The molecule has 4 unspecified atom stereocenters. The second kappa shape index (κ2) is 8.81. The van der Waals surface area contributed by atoms with E-state index in [1.54, 1.807) is 12.1 Å². The first-order valence-corrected chi connectivity index (χ1v) is 10.7. The average molecular weight is 416 g/mol. The van der Waals surface area contributed by atoms with E-state index in [2.05, 4.69) is 15.0 Å². The molecule has 2 aliphatic rings. The molecule has 2 aliphatic heterocycles. The molecule has 2 saturated heterocycles. The molecule has 0 radical (unpaired) electrons. The lowest BCUT2D eigenvalue weighted by Crippen LogP contribution is -2.55. The Bertz CT molecular complexity index is 862. The molecule has 4 atom stereocenters. The van der Waals surface area contributed by atoms with Crippen molar-refractivity contribution in [3.8, 4) is 11.4 Å². The predicted molar refractivity (Wildman–Crippen MR) is 109 cm³/mol. The van der Waals surface area contributed by atoms with Crippen LogP contribution in [0.4, 0.5) is 4.39 Å². The van der Waals surface area contributed by atoms with E-state index in [4.69, 9.17) is 9.26 Å². The molecular weight excluding hydrogens is 387 g/mol. The topological polar surface area (TPSA) is 71.7 Å². The van der Waals surface area contributed by atoms with Crippen LogP contribution in [-0.4, -0.2) is 70.3 Å². The molecule has 1 aromatic heterocycles. The van der Waals surface area contributed by atoms with Gasteiger partial charge in [-0.05, 0) is 64.4 Å². The van der Waals surface area contributed by atoms with Gasteiger partial charge >= 0.3 is 0 Å². The molecule has 0 spiro atoms. The molecule has 3 heterocycles. The van der Waals surface area contributed by atoms with E-state index in [1.807, 2.05) is 25.7 Å². The van der Waals surface area contributed by atoms with Crippen LogP contribution < -0.4 is 0 Å². The third-order valence-electron chi connectivity index (χ3n) is 5.98. The maximum Gasteiger partial charge on any atom is 0.239 e. The lowest BCUT2D eigenvalue weighted by Gasteiger charge is -2.40. The summed E-state index contributed by atoms with van der Waals surface area (Å²) in [5.74, 6) is 0.969. The second-order valence-electron chi connectivity index (χ2n) is 8.47. The summed E-state index contributed by atoms with van der Waals surface area (Å²) >= 11 is 0. The maximum atomic E-state index is 13.2. The van der Waals surface area contributed by atoms with E-state index in [-0.39, 0.29) is 35.9 Å². The van der Waals surface area contributed by atoms with Crippen LogP contribution in [0.1, 0.15) is 45.4 Å². The Morgan fingerprint density at radius 2 is 1.87 bits per heavy atom. The largest absolute Gasteiger partial charge is 0.372 e. The molecule has 1 aromatic carbocycles. The fourth-order valence-electron chi connectivity index (χ4n) is 4.46. The zero-order valence-electron chi connectivity index (χ0n) is 17.8. The number of aromatic nitrogens is 2. The normalized spacial score (nSPS) is 26.5. The van der Waals surface area contributed by atoms with Crippen molar-refractivity contribution in [3.63, 3.8) is 0 Å². The number of carbonyl (C=O) groups excluding carboxylic acids is 1. The van der Waals surface area contributed by atoms with E-state index < -0.39 is 0 Å². The molecule has 8 heteroatoms. The second-order valence-corrected chi connectivity index (χ2v) is 8.47. The highest BCUT2D eigenvalue weighted by Crippen LogP contribution is 2.29. The van der Waals surface area contributed by atoms with Crippen molar-refractivity contribution in [1.29, 1.82) is 0 Å². The molecule has 0 N–H and O–H groups in total. The number of carbonyl (C=O) groups is 1. The number of hydrogen-bond donors (Lipinski definition) is 0. The number of piperidine rings is 1. The van der Waals surface area contributed by atoms with E-state index in [0.717, 1.165) is 24.9 Å². The summed E-state index contributed by atoms with van der Waals surface area (Å²) in [7, 11) is 0. The van der Waals surface area contributed by atoms with Gasteiger partial charge in [-0.15, -0.1) is 0 Å². The summed E-state index contributed by atoms with van der Waals surface area (Å²) in [6.07, 6.45) is 2.02. The summed E-state index contributed by atoms with van der Waals surface area (Å²) in [6.45, 7) is 8.83. The number of amides is 1. The van der Waals surface area contributed by atoms with Gasteiger partial charge in [0.05, 0.1) is 24.2 Å². The third-order valence-corrected chi connectivity index (χ3v) is 5.98. The van der Waals surface area contributed by atoms with Gasteiger partial charge in [-0.25, -0.2) is 4.39 Å². The van der Waals surface area contributed by atoms with Crippen molar-refractivity contribution in [2.24, 2.45) is 0 Å². The Morgan fingerprint density at radius 1 is 1.17 bits per heavy atom. The van der Waals surface area contributed by atoms with Crippen LogP contribution in [0.3, 0.4) is 0 Å². The minimum atomic E-state index is -0.298. The van der Waals surface area contributed by atoms with Gasteiger partial charge in [0.1, 0.15) is 5.82 Å². The molecule has 30 heavy (non-hydrogen) atoms. The SMILES string of the molecule is CC1CN(C(=O)C(C)N2CCCC(c3nc(-c4ccc(F)cc4)no3)C2)CC(C)O1. The first-order valence-electron chi connectivity index (χ1n) is 10.7. The summed E-state index contributed by atoms with van der Waals surface area (Å²) in [4.78, 5) is 21.8. The van der Waals surface area contributed by atoms with Gasteiger partial charge in [-0.2, -0.15) is 4.98 Å². The zero-order valence-corrected chi connectivity index (χ0v) is 17.8. The van der Waals surface area contributed by atoms with Crippen LogP contribution in [0, 0.1) is 5.82 Å². The van der Waals surface area contributed by atoms with Crippen LogP contribution in [0.15, 0.2) is 28.8 Å². The molecule has 2 aromatic rings. The van der Waals surface area contributed by atoms with E-state index in [9.17, 15) is 9.18 Å². The molecule has 4 rings (SSSR count). The number of benzene rings is 1. The molecule has 1 amide bonds. The van der Waals surface area contributed by atoms with Gasteiger partial charge in [0.2, 0.25) is 17.6 Å². The highest BCUT2D eigenvalue weighted by Gasteiger charge is 2.35. The van der Waals surface area contributed by atoms with Crippen molar-refractivity contribution >= 4 is 5.91 Å². The van der Waals surface area contributed by atoms with Crippen LogP contribution in [0.5, 0.6) is 0 Å². The zero-order chi connectivity index (χ0) is 21.3. The van der Waals surface area contributed by atoms with Gasteiger partial charge in [0.25, 0.3) is 0 Å². The van der Waals surface area contributed by atoms with E-state index in [0.29, 0.717) is 31.3 Å². The molecule has 0 aliphatic carbocycles. The fraction of sp³-hybridized carbons (Fsp3) is 0.591. The Labute approximate surface area is 176 Å². The van der Waals surface area contributed by atoms with Gasteiger partial charge < -0.3 is 14.2 Å². The third kappa shape index (κ3) is 4.54. The van der Waals surface area contributed by atoms with Crippen molar-refractivity contribution < 1.29 is 18.4 Å². The minimum Gasteiger partial charge on any atom is -0.372 e. The van der Waals surface area contributed by atoms with E-state index in [1.165, 1.54) is 12.1 Å². The lowest BCUT2D eigenvalue weighted by molar-refractivity contribution is -0.148. The van der Waals surface area contributed by atoms with Crippen LogP contribution in [0.25, 0.3) is 11.4 Å². The quantitative estimate of drug-likeness (QED) is 0.763. The monoisotopic (exact) mass is 416 g/mol. The predicted octanol–water partition coefficient (Wildman–Crippen LogP) is 3.08. The van der Waals surface area contributed by atoms with Crippen molar-refractivity contribution in [2.75, 3.05) is 26.2 Å². The van der Waals surface area contributed by atoms with Gasteiger partial charge in [0, 0.05) is 25.2 Å². The molecule has 2 fully saturated rings. The number of hydrogen-bond acceptors (Lipinski definition) is 6. The molecule has 0 saturated carbocycles. The highest BCUT2D eigenvalue weighted by atomic mass is 19.1. The number of halogens is 1. The summed E-state index contributed by atoms with van der Waals surface area (Å²) in [6, 6.07) is 5.84. The van der Waals surface area contributed by atoms with Gasteiger partial charge in [-0.3, -0.25) is 9.69 Å².